The molecule has 0 bridgehead atoms. The molecular formula is C11H12N2O. The van der Waals surface area contributed by atoms with E-state index in [0.717, 1.165) is 12.0 Å². The standard InChI is InChI=1S/C11H12N2O/c1-13(8-2-7-12)11-5-3-10(9-14)4-6-11/h3-6,9H,2,8H2,1H3. The average Bonchev–Trinajstić information content (AvgIpc) is 2.26. The maximum atomic E-state index is 10.4. The minimum absolute atomic E-state index is 0.506. The predicted molar refractivity (Wildman–Crippen MR) is 55.3 cm³/mol. The van der Waals surface area contributed by atoms with Gasteiger partial charge < -0.3 is 4.90 Å². The van der Waals surface area contributed by atoms with Gasteiger partial charge in [0.25, 0.3) is 0 Å². The van der Waals surface area contributed by atoms with Crippen LogP contribution in [0.2, 0.25) is 0 Å². The van der Waals surface area contributed by atoms with Crippen LogP contribution in [-0.2, 0) is 0 Å². The predicted octanol–water partition coefficient (Wildman–Crippen LogP) is 1.85. The van der Waals surface area contributed by atoms with E-state index in [9.17, 15) is 4.79 Å². The summed E-state index contributed by atoms with van der Waals surface area (Å²) < 4.78 is 0. The molecule has 0 spiro atoms. The Hall–Kier alpha value is -1.82. The summed E-state index contributed by atoms with van der Waals surface area (Å²) in [5.41, 5.74) is 1.69. The summed E-state index contributed by atoms with van der Waals surface area (Å²) in [6.45, 7) is 0.705. The van der Waals surface area contributed by atoms with E-state index in [0.29, 0.717) is 18.5 Å². The van der Waals surface area contributed by atoms with Gasteiger partial charge in [0.1, 0.15) is 6.29 Å². The first kappa shape index (κ1) is 10.3. The molecule has 0 N–H and O–H groups in total. The maximum absolute atomic E-state index is 10.4. The molecule has 0 aliphatic carbocycles. The van der Waals surface area contributed by atoms with Gasteiger partial charge >= 0.3 is 0 Å². The molecule has 0 aromatic heterocycles. The fourth-order valence-electron chi connectivity index (χ4n) is 1.15. The third-order valence-electron chi connectivity index (χ3n) is 2.03. The zero-order valence-corrected chi connectivity index (χ0v) is 8.10. The van der Waals surface area contributed by atoms with Gasteiger partial charge in [0.2, 0.25) is 0 Å². The van der Waals surface area contributed by atoms with Gasteiger partial charge in [-0.3, -0.25) is 4.79 Å². The van der Waals surface area contributed by atoms with Crippen molar-refractivity contribution in [3.05, 3.63) is 29.8 Å². The van der Waals surface area contributed by atoms with E-state index in [4.69, 9.17) is 5.26 Å². The van der Waals surface area contributed by atoms with Crippen LogP contribution in [0.4, 0.5) is 5.69 Å². The molecule has 0 atom stereocenters. The number of benzene rings is 1. The SMILES string of the molecule is CN(CCC#N)c1ccc(C=O)cc1. The van der Waals surface area contributed by atoms with Gasteiger partial charge in [0.15, 0.2) is 0 Å². The van der Waals surface area contributed by atoms with Crippen LogP contribution >= 0.6 is 0 Å². The highest BCUT2D eigenvalue weighted by Gasteiger charge is 1.99. The van der Waals surface area contributed by atoms with Crippen molar-refractivity contribution in [3.8, 4) is 6.07 Å². The normalized spacial score (nSPS) is 9.14. The molecule has 0 amide bonds. The van der Waals surface area contributed by atoms with Gasteiger partial charge in [-0.25, -0.2) is 0 Å². The minimum Gasteiger partial charge on any atom is -0.374 e. The van der Waals surface area contributed by atoms with Crippen molar-refractivity contribution >= 4 is 12.0 Å². The van der Waals surface area contributed by atoms with E-state index in [1.54, 1.807) is 12.1 Å². The average molecular weight is 188 g/mol. The zero-order chi connectivity index (χ0) is 10.4. The molecule has 14 heavy (non-hydrogen) atoms. The van der Waals surface area contributed by atoms with Crippen molar-refractivity contribution in [2.45, 2.75) is 6.42 Å². The Morgan fingerprint density at radius 3 is 2.57 bits per heavy atom. The summed E-state index contributed by atoms with van der Waals surface area (Å²) in [5, 5.41) is 8.42. The van der Waals surface area contributed by atoms with E-state index in [2.05, 4.69) is 6.07 Å². The van der Waals surface area contributed by atoms with E-state index in [1.165, 1.54) is 0 Å². The van der Waals surface area contributed by atoms with Crippen molar-refractivity contribution in [2.24, 2.45) is 0 Å². The van der Waals surface area contributed by atoms with Gasteiger partial charge in [-0.15, -0.1) is 0 Å². The van der Waals surface area contributed by atoms with Gasteiger partial charge in [-0.1, -0.05) is 0 Å². The summed E-state index contributed by atoms with van der Waals surface area (Å²) >= 11 is 0. The summed E-state index contributed by atoms with van der Waals surface area (Å²) in [5.74, 6) is 0. The molecule has 3 heteroatoms. The second kappa shape index (κ2) is 5.03. The topological polar surface area (TPSA) is 44.1 Å². The van der Waals surface area contributed by atoms with E-state index in [1.807, 2.05) is 24.1 Å². The van der Waals surface area contributed by atoms with Crippen molar-refractivity contribution in [2.75, 3.05) is 18.5 Å². The fourth-order valence-corrected chi connectivity index (χ4v) is 1.15. The molecule has 3 nitrogen and oxygen atoms in total. The van der Waals surface area contributed by atoms with Crippen LogP contribution in [0.3, 0.4) is 0 Å². The Morgan fingerprint density at radius 2 is 2.07 bits per heavy atom. The smallest absolute Gasteiger partial charge is 0.150 e. The van der Waals surface area contributed by atoms with Crippen LogP contribution < -0.4 is 4.90 Å². The summed E-state index contributed by atoms with van der Waals surface area (Å²) in [4.78, 5) is 12.4. The zero-order valence-electron chi connectivity index (χ0n) is 8.10. The highest BCUT2D eigenvalue weighted by Crippen LogP contribution is 2.12. The van der Waals surface area contributed by atoms with Crippen molar-refractivity contribution in [3.63, 3.8) is 0 Å². The van der Waals surface area contributed by atoms with Gasteiger partial charge in [0.05, 0.1) is 12.5 Å². The number of hydrogen-bond acceptors (Lipinski definition) is 3. The lowest BCUT2D eigenvalue weighted by atomic mass is 10.2. The summed E-state index contributed by atoms with van der Waals surface area (Å²) in [7, 11) is 1.92. The number of carbonyl (C=O) groups excluding carboxylic acids is 1. The van der Waals surface area contributed by atoms with Crippen molar-refractivity contribution in [1.29, 1.82) is 5.26 Å². The van der Waals surface area contributed by atoms with Crippen LogP contribution in [-0.4, -0.2) is 19.9 Å². The lowest BCUT2D eigenvalue weighted by Gasteiger charge is -2.17. The van der Waals surface area contributed by atoms with Gasteiger partial charge in [0, 0.05) is 24.8 Å². The number of aldehydes is 1. The monoisotopic (exact) mass is 188 g/mol. The van der Waals surface area contributed by atoms with Gasteiger partial charge in [-0.05, 0) is 24.3 Å². The Labute approximate surface area is 83.6 Å². The molecule has 0 aliphatic heterocycles. The second-order valence-corrected chi connectivity index (χ2v) is 3.04. The maximum Gasteiger partial charge on any atom is 0.150 e. The lowest BCUT2D eigenvalue weighted by Crippen LogP contribution is -2.17. The molecular weight excluding hydrogens is 176 g/mol. The van der Waals surface area contributed by atoms with Crippen LogP contribution in [0.15, 0.2) is 24.3 Å². The Balaban J connectivity index is 2.67. The molecule has 0 radical (unpaired) electrons. The summed E-state index contributed by atoms with van der Waals surface area (Å²) in [6, 6.07) is 9.38. The highest BCUT2D eigenvalue weighted by molar-refractivity contribution is 5.75. The first-order valence-electron chi connectivity index (χ1n) is 4.41. The van der Waals surface area contributed by atoms with Crippen LogP contribution in [0, 0.1) is 11.3 Å². The van der Waals surface area contributed by atoms with Crippen LogP contribution in [0.5, 0.6) is 0 Å². The molecule has 1 aromatic rings. The van der Waals surface area contributed by atoms with E-state index in [-0.39, 0.29) is 0 Å². The number of hydrogen-bond donors (Lipinski definition) is 0. The molecule has 0 saturated carbocycles. The number of nitrogens with zero attached hydrogens (tertiary/aromatic N) is 2. The molecule has 1 rings (SSSR count). The Kier molecular flexibility index (Phi) is 3.69. The highest BCUT2D eigenvalue weighted by atomic mass is 16.1. The van der Waals surface area contributed by atoms with E-state index >= 15 is 0 Å². The minimum atomic E-state index is 0.506. The molecule has 0 heterocycles. The lowest BCUT2D eigenvalue weighted by molar-refractivity contribution is 0.112. The number of rotatable bonds is 4. The quantitative estimate of drug-likeness (QED) is 0.677. The summed E-state index contributed by atoms with van der Waals surface area (Å²) in [6.07, 6.45) is 1.32. The first-order chi connectivity index (χ1) is 6.77. The van der Waals surface area contributed by atoms with E-state index < -0.39 is 0 Å². The number of carbonyl (C=O) groups is 1. The largest absolute Gasteiger partial charge is 0.374 e. The molecule has 1 aromatic carbocycles. The third-order valence-corrected chi connectivity index (χ3v) is 2.03. The fraction of sp³-hybridized carbons (Fsp3) is 0.273. The van der Waals surface area contributed by atoms with Gasteiger partial charge in [-0.2, -0.15) is 5.26 Å². The van der Waals surface area contributed by atoms with Crippen LogP contribution in [0.1, 0.15) is 16.8 Å². The van der Waals surface area contributed by atoms with Crippen molar-refractivity contribution < 1.29 is 4.79 Å². The second-order valence-electron chi connectivity index (χ2n) is 3.04. The Bertz CT molecular complexity index is 337. The number of nitriles is 1. The molecule has 0 unspecified atom stereocenters. The molecule has 0 fully saturated rings. The Morgan fingerprint density at radius 1 is 1.43 bits per heavy atom. The van der Waals surface area contributed by atoms with Crippen molar-refractivity contribution in [1.82, 2.24) is 0 Å². The third kappa shape index (κ3) is 2.60. The molecule has 72 valence electrons. The molecule has 0 aliphatic rings. The first-order valence-corrected chi connectivity index (χ1v) is 4.41. The van der Waals surface area contributed by atoms with Crippen LogP contribution in [0.25, 0.3) is 0 Å². The molecule has 0 saturated heterocycles. The number of anilines is 1.